The first-order valence-corrected chi connectivity index (χ1v) is 8.99. The highest BCUT2D eigenvalue weighted by Crippen LogP contribution is 2.31. The Hall–Kier alpha value is -3.02. The van der Waals surface area contributed by atoms with Gasteiger partial charge in [0.05, 0.1) is 24.8 Å². The lowest BCUT2D eigenvalue weighted by Gasteiger charge is -2.18. The molecule has 0 radical (unpaired) electrons. The summed E-state index contributed by atoms with van der Waals surface area (Å²) in [4.78, 5) is 12.7. The zero-order valence-electron chi connectivity index (χ0n) is 16.3. The molecule has 6 heteroatoms. The number of nitrogens with one attached hydrogen (secondary N) is 2. The fraction of sp³-hybridized carbons (Fsp3) is 0.333. The molecule has 1 heterocycles. The summed E-state index contributed by atoms with van der Waals surface area (Å²) in [7, 11) is 1.60. The highest BCUT2D eigenvalue weighted by atomic mass is 16.5. The van der Waals surface area contributed by atoms with Crippen LogP contribution in [0.3, 0.4) is 0 Å². The first-order chi connectivity index (χ1) is 12.9. The molecule has 0 saturated heterocycles. The summed E-state index contributed by atoms with van der Waals surface area (Å²) in [6.07, 6.45) is 0.0540. The van der Waals surface area contributed by atoms with E-state index in [2.05, 4.69) is 15.5 Å². The molecule has 3 rings (SSSR count). The zero-order valence-corrected chi connectivity index (χ0v) is 16.3. The molecule has 0 aliphatic rings. The molecule has 2 N–H and O–H groups in total. The number of carbonyl (C=O) groups excluding carboxylic acids is 1. The van der Waals surface area contributed by atoms with Crippen LogP contribution in [-0.4, -0.2) is 29.3 Å². The van der Waals surface area contributed by atoms with Crippen molar-refractivity contribution in [3.05, 3.63) is 53.2 Å². The molecule has 142 valence electrons. The van der Waals surface area contributed by atoms with Crippen molar-refractivity contribution >= 4 is 16.8 Å². The predicted molar refractivity (Wildman–Crippen MR) is 105 cm³/mol. The second-order valence-electron chi connectivity index (χ2n) is 6.89. The maximum absolute atomic E-state index is 12.7. The average Bonchev–Trinajstić information content (AvgIpc) is 3.04. The third-order valence-electron chi connectivity index (χ3n) is 4.33. The normalized spacial score (nSPS) is 12.2. The molecule has 27 heavy (non-hydrogen) atoms. The van der Waals surface area contributed by atoms with Gasteiger partial charge >= 0.3 is 0 Å². The van der Waals surface area contributed by atoms with E-state index in [0.717, 1.165) is 22.0 Å². The van der Waals surface area contributed by atoms with E-state index in [4.69, 9.17) is 9.47 Å². The summed E-state index contributed by atoms with van der Waals surface area (Å²) in [6, 6.07) is 11.3. The maximum atomic E-state index is 12.7. The number of nitrogens with zero attached hydrogens (tertiary/aromatic N) is 1. The molecule has 0 spiro atoms. The topological polar surface area (TPSA) is 76.2 Å². The second-order valence-corrected chi connectivity index (χ2v) is 6.89. The number of benzene rings is 2. The number of ether oxygens (including phenoxy) is 2. The van der Waals surface area contributed by atoms with Gasteiger partial charge in [0, 0.05) is 5.39 Å². The van der Waals surface area contributed by atoms with E-state index in [1.54, 1.807) is 7.11 Å². The third-order valence-corrected chi connectivity index (χ3v) is 4.33. The van der Waals surface area contributed by atoms with E-state index in [1.165, 1.54) is 0 Å². The summed E-state index contributed by atoms with van der Waals surface area (Å²) in [5, 5.41) is 10.9. The number of hydrogen-bond donors (Lipinski definition) is 2. The summed E-state index contributed by atoms with van der Waals surface area (Å²) in [5.41, 5.74) is 3.24. The van der Waals surface area contributed by atoms with Gasteiger partial charge in [-0.05, 0) is 57.5 Å². The van der Waals surface area contributed by atoms with Crippen molar-refractivity contribution in [1.29, 1.82) is 0 Å². The van der Waals surface area contributed by atoms with Crippen LogP contribution in [0, 0.1) is 6.92 Å². The zero-order chi connectivity index (χ0) is 19.6. The van der Waals surface area contributed by atoms with E-state index in [9.17, 15) is 4.79 Å². The molecule has 3 aromatic rings. The summed E-state index contributed by atoms with van der Waals surface area (Å²) >= 11 is 0. The van der Waals surface area contributed by atoms with Gasteiger partial charge in [0.15, 0.2) is 17.2 Å². The molecular formula is C21H25N3O3. The SMILES string of the molecule is COc1cc(C(C)NC(=O)c2n[nH]c3ccc(C)cc23)ccc1OC(C)C. The molecule has 2 aromatic carbocycles. The van der Waals surface area contributed by atoms with E-state index < -0.39 is 0 Å². The number of rotatable bonds is 6. The Morgan fingerprint density at radius 1 is 1.11 bits per heavy atom. The van der Waals surface area contributed by atoms with Crippen LogP contribution in [0.25, 0.3) is 10.9 Å². The largest absolute Gasteiger partial charge is 0.493 e. The van der Waals surface area contributed by atoms with Crippen molar-refractivity contribution in [1.82, 2.24) is 15.5 Å². The number of aromatic amines is 1. The van der Waals surface area contributed by atoms with Gasteiger partial charge in [0.1, 0.15) is 0 Å². The van der Waals surface area contributed by atoms with Gasteiger partial charge in [0.25, 0.3) is 5.91 Å². The average molecular weight is 367 g/mol. The second kappa shape index (κ2) is 7.70. The Morgan fingerprint density at radius 3 is 2.59 bits per heavy atom. The number of carbonyl (C=O) groups is 1. The number of methoxy groups -OCH3 is 1. The number of H-pyrrole nitrogens is 1. The number of hydrogen-bond acceptors (Lipinski definition) is 4. The minimum absolute atomic E-state index is 0.0540. The van der Waals surface area contributed by atoms with E-state index in [1.807, 2.05) is 64.1 Å². The van der Waals surface area contributed by atoms with Crippen molar-refractivity contribution in [3.63, 3.8) is 0 Å². The van der Waals surface area contributed by atoms with Gasteiger partial charge in [-0.25, -0.2) is 0 Å². The lowest BCUT2D eigenvalue weighted by molar-refractivity contribution is 0.0936. The highest BCUT2D eigenvalue weighted by Gasteiger charge is 2.18. The van der Waals surface area contributed by atoms with Crippen LogP contribution >= 0.6 is 0 Å². The standard InChI is InChI=1S/C21H25N3O3/c1-12(2)27-18-9-7-15(11-19(18)26-5)14(4)22-21(25)20-16-10-13(3)6-8-17(16)23-24-20/h6-12,14H,1-5H3,(H,22,25)(H,23,24). The third kappa shape index (κ3) is 4.05. The van der Waals surface area contributed by atoms with Crippen LogP contribution in [0.1, 0.15) is 48.4 Å². The predicted octanol–water partition coefficient (Wildman–Crippen LogP) is 4.16. The minimum atomic E-state index is -0.221. The fourth-order valence-electron chi connectivity index (χ4n) is 2.95. The van der Waals surface area contributed by atoms with Gasteiger partial charge in [-0.1, -0.05) is 17.7 Å². The monoisotopic (exact) mass is 367 g/mol. The van der Waals surface area contributed by atoms with Gasteiger partial charge < -0.3 is 14.8 Å². The van der Waals surface area contributed by atoms with Crippen LogP contribution in [0.2, 0.25) is 0 Å². The summed E-state index contributed by atoms with van der Waals surface area (Å²) < 4.78 is 11.2. The Labute approximate surface area is 158 Å². The highest BCUT2D eigenvalue weighted by molar-refractivity contribution is 6.04. The van der Waals surface area contributed by atoms with Crippen LogP contribution in [0.4, 0.5) is 0 Å². The van der Waals surface area contributed by atoms with Crippen molar-refractivity contribution in [3.8, 4) is 11.5 Å². The van der Waals surface area contributed by atoms with Crippen LogP contribution < -0.4 is 14.8 Å². The Morgan fingerprint density at radius 2 is 1.89 bits per heavy atom. The number of amides is 1. The molecule has 0 aliphatic carbocycles. The van der Waals surface area contributed by atoms with Crippen molar-refractivity contribution in [2.24, 2.45) is 0 Å². The molecule has 0 fully saturated rings. The quantitative estimate of drug-likeness (QED) is 0.686. The first-order valence-electron chi connectivity index (χ1n) is 8.99. The molecule has 1 unspecified atom stereocenters. The van der Waals surface area contributed by atoms with Crippen LogP contribution in [0.5, 0.6) is 11.5 Å². The van der Waals surface area contributed by atoms with Gasteiger partial charge in [-0.3, -0.25) is 9.89 Å². The molecular weight excluding hydrogens is 342 g/mol. The van der Waals surface area contributed by atoms with Crippen molar-refractivity contribution in [2.75, 3.05) is 7.11 Å². The van der Waals surface area contributed by atoms with Gasteiger partial charge in [-0.15, -0.1) is 0 Å². The van der Waals surface area contributed by atoms with Crippen molar-refractivity contribution < 1.29 is 14.3 Å². The number of fused-ring (bicyclic) bond motifs is 1. The van der Waals surface area contributed by atoms with Gasteiger partial charge in [-0.2, -0.15) is 5.10 Å². The van der Waals surface area contributed by atoms with Crippen LogP contribution in [0.15, 0.2) is 36.4 Å². The van der Waals surface area contributed by atoms with Gasteiger partial charge in [0.2, 0.25) is 0 Å². The van der Waals surface area contributed by atoms with E-state index in [-0.39, 0.29) is 18.1 Å². The van der Waals surface area contributed by atoms with E-state index in [0.29, 0.717) is 17.2 Å². The Bertz CT molecular complexity index is 962. The molecule has 0 aliphatic heterocycles. The van der Waals surface area contributed by atoms with E-state index >= 15 is 0 Å². The fourth-order valence-corrected chi connectivity index (χ4v) is 2.95. The molecule has 1 amide bonds. The number of aromatic nitrogens is 2. The minimum Gasteiger partial charge on any atom is -0.493 e. The summed E-state index contributed by atoms with van der Waals surface area (Å²) in [6.45, 7) is 7.85. The van der Waals surface area contributed by atoms with Crippen LogP contribution in [-0.2, 0) is 0 Å². The lowest BCUT2D eigenvalue weighted by atomic mass is 10.1. The summed E-state index contributed by atoms with van der Waals surface area (Å²) in [5.74, 6) is 1.10. The molecule has 6 nitrogen and oxygen atoms in total. The molecule has 1 aromatic heterocycles. The lowest BCUT2D eigenvalue weighted by Crippen LogP contribution is -2.27. The Balaban J connectivity index is 1.80. The van der Waals surface area contributed by atoms with Crippen molar-refractivity contribution in [2.45, 2.75) is 39.8 Å². The smallest absolute Gasteiger partial charge is 0.272 e. The first kappa shape index (κ1) is 18.8. The molecule has 0 bridgehead atoms. The maximum Gasteiger partial charge on any atom is 0.272 e. The number of aryl methyl sites for hydroxylation is 1. The molecule has 0 saturated carbocycles. The molecule has 1 atom stereocenters. The Kier molecular flexibility index (Phi) is 5.35.